The van der Waals surface area contributed by atoms with E-state index in [-0.39, 0.29) is 11.7 Å². The van der Waals surface area contributed by atoms with Gasteiger partial charge in [0.2, 0.25) is 5.91 Å². The summed E-state index contributed by atoms with van der Waals surface area (Å²) in [4.78, 5) is 16.1. The van der Waals surface area contributed by atoms with E-state index in [1.165, 1.54) is 11.6 Å². The van der Waals surface area contributed by atoms with Gasteiger partial charge in [-0.25, -0.2) is 4.39 Å². The van der Waals surface area contributed by atoms with E-state index in [0.29, 0.717) is 12.1 Å². The van der Waals surface area contributed by atoms with Gasteiger partial charge in [0.05, 0.1) is 12.0 Å². The number of halogens is 1. The van der Waals surface area contributed by atoms with Gasteiger partial charge in [-0.1, -0.05) is 103 Å². The Morgan fingerprint density at radius 1 is 0.719 bits per heavy atom. The summed E-state index contributed by atoms with van der Waals surface area (Å²) in [5.41, 5.74) is 4.58. The van der Waals surface area contributed by atoms with Crippen molar-refractivity contribution in [3.8, 4) is 0 Å². The summed E-state index contributed by atoms with van der Waals surface area (Å²) in [6.45, 7) is 0.547. The maximum atomic E-state index is 15.0. The first-order valence-corrected chi connectivity index (χ1v) is 11.0. The molecular weight excluding hydrogens is 397 g/mol. The van der Waals surface area contributed by atoms with Crippen LogP contribution in [0.4, 0.5) is 4.39 Å². The Bertz CT molecular complexity index is 1180. The zero-order valence-corrected chi connectivity index (χ0v) is 17.7. The maximum absolute atomic E-state index is 15.0. The minimum Gasteiger partial charge on any atom is -0.330 e. The fourth-order valence-corrected chi connectivity index (χ4v) is 4.77. The lowest BCUT2D eigenvalue weighted by Crippen LogP contribution is -2.43. The van der Waals surface area contributed by atoms with Crippen molar-refractivity contribution in [2.45, 2.75) is 18.4 Å². The number of amides is 1. The van der Waals surface area contributed by atoms with Gasteiger partial charge in [-0.15, -0.1) is 0 Å². The highest BCUT2D eigenvalue weighted by Crippen LogP contribution is 2.39. The summed E-state index contributed by atoms with van der Waals surface area (Å²) in [5.74, 6) is -0.745. The Labute approximate surface area is 188 Å². The molecule has 0 N–H and O–H groups in total. The van der Waals surface area contributed by atoms with E-state index in [4.69, 9.17) is 0 Å². The van der Waals surface area contributed by atoms with E-state index in [1.54, 1.807) is 12.1 Å². The quantitative estimate of drug-likeness (QED) is 0.388. The number of carbonyl (C=O) groups is 1. The molecule has 0 aromatic heterocycles. The van der Waals surface area contributed by atoms with E-state index >= 15 is 4.39 Å². The highest BCUT2D eigenvalue weighted by Gasteiger charge is 2.37. The van der Waals surface area contributed by atoms with Gasteiger partial charge in [0.1, 0.15) is 5.82 Å². The van der Waals surface area contributed by atoms with E-state index < -0.39 is 12.0 Å². The Hall–Kier alpha value is -3.72. The first-order valence-electron chi connectivity index (χ1n) is 11.0. The lowest BCUT2D eigenvalue weighted by atomic mass is 9.84. The van der Waals surface area contributed by atoms with Gasteiger partial charge in [-0.2, -0.15) is 0 Å². The molecular formula is C29H24FNO. The molecule has 0 unspecified atom stereocenters. The molecule has 0 fully saturated rings. The number of benzene rings is 4. The van der Waals surface area contributed by atoms with E-state index in [0.717, 1.165) is 23.1 Å². The fraction of sp³-hybridized carbons (Fsp3) is 0.138. The van der Waals surface area contributed by atoms with Crippen molar-refractivity contribution >= 4 is 5.91 Å². The zero-order chi connectivity index (χ0) is 21.9. The first-order chi connectivity index (χ1) is 15.7. The van der Waals surface area contributed by atoms with E-state index in [2.05, 4.69) is 6.07 Å². The van der Waals surface area contributed by atoms with Crippen LogP contribution in [0.15, 0.2) is 109 Å². The summed E-state index contributed by atoms with van der Waals surface area (Å²) in [6, 6.07) is 34.1. The van der Waals surface area contributed by atoms with Crippen LogP contribution in [-0.4, -0.2) is 17.4 Å². The van der Waals surface area contributed by atoms with Crippen molar-refractivity contribution in [2.75, 3.05) is 6.54 Å². The normalized spacial score (nSPS) is 15.4. The van der Waals surface area contributed by atoms with Crippen molar-refractivity contribution in [1.82, 2.24) is 4.90 Å². The minimum atomic E-state index is -0.455. The van der Waals surface area contributed by atoms with Crippen LogP contribution in [0.5, 0.6) is 0 Å². The number of nitrogens with zero attached hydrogens (tertiary/aromatic N) is 1. The molecule has 1 heterocycles. The van der Waals surface area contributed by atoms with Crippen molar-refractivity contribution < 1.29 is 9.18 Å². The van der Waals surface area contributed by atoms with E-state index in [9.17, 15) is 4.79 Å². The molecule has 0 radical (unpaired) electrons. The number of carbonyl (C=O) groups excluding carboxylic acids is 1. The third-order valence-electron chi connectivity index (χ3n) is 6.28. The molecule has 5 rings (SSSR count). The van der Waals surface area contributed by atoms with E-state index in [1.807, 2.05) is 89.8 Å². The molecule has 4 aromatic rings. The number of hydrogen-bond acceptors (Lipinski definition) is 1. The molecule has 2 nitrogen and oxygen atoms in total. The van der Waals surface area contributed by atoms with Gasteiger partial charge in [0, 0.05) is 12.1 Å². The number of hydrogen-bond donors (Lipinski definition) is 0. The van der Waals surface area contributed by atoms with Crippen LogP contribution < -0.4 is 0 Å². The predicted octanol–water partition coefficient (Wildman–Crippen LogP) is 6.13. The highest BCUT2D eigenvalue weighted by molar-refractivity contribution is 5.88. The van der Waals surface area contributed by atoms with Gasteiger partial charge >= 0.3 is 0 Å². The Kier molecular flexibility index (Phi) is 5.55. The summed E-state index contributed by atoms with van der Waals surface area (Å²) in [6.07, 6.45) is 0.753. The van der Waals surface area contributed by atoms with Crippen LogP contribution in [-0.2, 0) is 11.2 Å². The molecule has 4 aromatic carbocycles. The van der Waals surface area contributed by atoms with Gasteiger partial charge < -0.3 is 4.90 Å². The monoisotopic (exact) mass is 421 g/mol. The Morgan fingerprint density at radius 2 is 1.25 bits per heavy atom. The summed E-state index contributed by atoms with van der Waals surface area (Å²) < 4.78 is 15.0. The molecule has 0 bridgehead atoms. The van der Waals surface area contributed by atoms with Crippen molar-refractivity contribution in [3.63, 3.8) is 0 Å². The van der Waals surface area contributed by atoms with Crippen LogP contribution in [0.3, 0.4) is 0 Å². The van der Waals surface area contributed by atoms with Gasteiger partial charge in [-0.05, 0) is 34.7 Å². The summed E-state index contributed by atoms with van der Waals surface area (Å²) in [7, 11) is 0. The van der Waals surface area contributed by atoms with Crippen molar-refractivity contribution in [2.24, 2.45) is 0 Å². The molecule has 0 saturated heterocycles. The molecule has 1 aliphatic rings. The van der Waals surface area contributed by atoms with Crippen molar-refractivity contribution in [1.29, 1.82) is 0 Å². The van der Waals surface area contributed by atoms with Crippen LogP contribution in [0.25, 0.3) is 0 Å². The van der Waals surface area contributed by atoms with Crippen LogP contribution >= 0.6 is 0 Å². The summed E-state index contributed by atoms with van der Waals surface area (Å²) >= 11 is 0. The third-order valence-corrected chi connectivity index (χ3v) is 6.28. The lowest BCUT2D eigenvalue weighted by molar-refractivity contribution is -0.134. The molecule has 1 atom stereocenters. The maximum Gasteiger partial charge on any atom is 0.235 e. The molecule has 32 heavy (non-hydrogen) atoms. The van der Waals surface area contributed by atoms with Gasteiger partial charge in [-0.3, -0.25) is 4.79 Å². The molecule has 1 aliphatic heterocycles. The highest BCUT2D eigenvalue weighted by atomic mass is 19.1. The smallest absolute Gasteiger partial charge is 0.235 e. The fourth-order valence-electron chi connectivity index (χ4n) is 4.77. The van der Waals surface area contributed by atoms with Crippen LogP contribution in [0.2, 0.25) is 0 Å². The zero-order valence-electron chi connectivity index (χ0n) is 17.7. The molecule has 0 aliphatic carbocycles. The molecule has 0 spiro atoms. The molecule has 3 heteroatoms. The third kappa shape index (κ3) is 3.71. The molecule has 1 amide bonds. The number of fused-ring (bicyclic) bond motifs is 1. The second-order valence-electron chi connectivity index (χ2n) is 8.16. The van der Waals surface area contributed by atoms with Gasteiger partial charge in [0.15, 0.2) is 0 Å². The first kappa shape index (κ1) is 20.2. The predicted molar refractivity (Wildman–Crippen MR) is 125 cm³/mol. The Morgan fingerprint density at radius 3 is 1.88 bits per heavy atom. The molecule has 158 valence electrons. The van der Waals surface area contributed by atoms with Crippen LogP contribution in [0.1, 0.15) is 39.8 Å². The minimum absolute atomic E-state index is 0.00911. The molecule has 0 saturated carbocycles. The van der Waals surface area contributed by atoms with Crippen LogP contribution in [0, 0.1) is 5.82 Å². The second-order valence-corrected chi connectivity index (χ2v) is 8.16. The lowest BCUT2D eigenvalue weighted by Gasteiger charge is -2.40. The standard InChI is InChI=1S/C29H24FNO/c30-26-18-10-9-17-25(26)28-24-16-8-7-11-21(24)19-20-31(28)29(32)27(22-12-3-1-4-13-22)23-14-5-2-6-15-23/h1-18,27-28H,19-20H2/t28-/m1/s1. The van der Waals surface area contributed by atoms with Crippen molar-refractivity contribution in [3.05, 3.63) is 143 Å². The van der Waals surface area contributed by atoms with Gasteiger partial charge in [0.25, 0.3) is 0 Å². The Balaban J connectivity index is 1.64. The SMILES string of the molecule is O=C(C(c1ccccc1)c1ccccc1)N1CCc2ccccc2[C@@H]1c1ccccc1F. The number of rotatable bonds is 4. The second kappa shape index (κ2) is 8.80. The topological polar surface area (TPSA) is 20.3 Å². The largest absolute Gasteiger partial charge is 0.330 e. The average Bonchev–Trinajstić information content (AvgIpc) is 2.85. The summed E-state index contributed by atoms with van der Waals surface area (Å²) in [5, 5.41) is 0. The average molecular weight is 422 g/mol.